The Morgan fingerprint density at radius 3 is 2.73 bits per heavy atom. The number of nitrogens with zero attached hydrogens (tertiary/aromatic N) is 3. The number of aryl methyl sites for hydroxylation is 1. The van der Waals surface area contributed by atoms with Gasteiger partial charge in [-0.3, -0.25) is 4.99 Å². The molecule has 0 unspecified atom stereocenters. The zero-order chi connectivity index (χ0) is 21.0. The third-order valence-electron chi connectivity index (χ3n) is 5.25. The van der Waals surface area contributed by atoms with Crippen LogP contribution in [0.3, 0.4) is 0 Å². The SMILES string of the molecule is CCCCCCCOc1cc(N2CCOCC2)cc(CN=Cc2cccc(C)c2)n1. The molecule has 1 aromatic carbocycles. The number of aliphatic imine (C=N–C) groups is 1. The fourth-order valence-corrected chi connectivity index (χ4v) is 3.58. The highest BCUT2D eigenvalue weighted by Gasteiger charge is 2.14. The normalized spacial score (nSPS) is 14.4. The predicted octanol–water partition coefficient (Wildman–Crippen LogP) is 5.19. The summed E-state index contributed by atoms with van der Waals surface area (Å²) in [6, 6.07) is 12.5. The third kappa shape index (κ3) is 7.45. The van der Waals surface area contributed by atoms with Crippen molar-refractivity contribution in [3.63, 3.8) is 0 Å². The number of morpholine rings is 1. The summed E-state index contributed by atoms with van der Waals surface area (Å²) in [7, 11) is 0. The molecule has 1 aromatic heterocycles. The average molecular weight is 410 g/mol. The zero-order valence-electron chi connectivity index (χ0n) is 18.5. The van der Waals surface area contributed by atoms with Crippen LogP contribution >= 0.6 is 0 Å². The van der Waals surface area contributed by atoms with E-state index < -0.39 is 0 Å². The number of pyridine rings is 1. The molecule has 5 nitrogen and oxygen atoms in total. The van der Waals surface area contributed by atoms with Crippen LogP contribution in [-0.4, -0.2) is 44.1 Å². The van der Waals surface area contributed by atoms with Crippen LogP contribution in [0.5, 0.6) is 5.88 Å². The Kier molecular flexibility index (Phi) is 9.16. The van der Waals surface area contributed by atoms with E-state index in [1.54, 1.807) is 0 Å². The highest BCUT2D eigenvalue weighted by Crippen LogP contribution is 2.23. The van der Waals surface area contributed by atoms with Gasteiger partial charge < -0.3 is 14.4 Å². The number of rotatable bonds is 11. The molecule has 3 rings (SSSR count). The fourth-order valence-electron chi connectivity index (χ4n) is 3.58. The molecule has 162 valence electrons. The molecule has 1 fully saturated rings. The van der Waals surface area contributed by atoms with E-state index in [1.807, 2.05) is 6.21 Å². The molecule has 5 heteroatoms. The molecule has 0 spiro atoms. The standard InChI is InChI=1S/C25H35N3O2/c1-3-4-5-6-7-13-30-25-18-24(28-11-14-29-15-12-28)17-23(27-25)20-26-19-22-10-8-9-21(2)16-22/h8-10,16-19H,3-7,11-15,20H2,1-2H3. The summed E-state index contributed by atoms with van der Waals surface area (Å²) >= 11 is 0. The summed E-state index contributed by atoms with van der Waals surface area (Å²) in [6.07, 6.45) is 8.05. The van der Waals surface area contributed by atoms with E-state index in [0.717, 1.165) is 56.3 Å². The molecule has 0 aliphatic carbocycles. The van der Waals surface area contributed by atoms with Gasteiger partial charge >= 0.3 is 0 Å². The lowest BCUT2D eigenvalue weighted by molar-refractivity contribution is 0.122. The lowest BCUT2D eigenvalue weighted by Gasteiger charge is -2.29. The number of benzene rings is 1. The van der Waals surface area contributed by atoms with Crippen LogP contribution in [-0.2, 0) is 11.3 Å². The van der Waals surface area contributed by atoms with E-state index >= 15 is 0 Å². The summed E-state index contributed by atoms with van der Waals surface area (Å²) in [5, 5.41) is 0. The molecule has 0 atom stereocenters. The number of anilines is 1. The van der Waals surface area contributed by atoms with Gasteiger partial charge in [0, 0.05) is 31.1 Å². The molecule has 2 aromatic rings. The first kappa shape index (κ1) is 22.3. The Morgan fingerprint density at radius 1 is 1.10 bits per heavy atom. The highest BCUT2D eigenvalue weighted by molar-refractivity contribution is 5.79. The molecule has 0 saturated carbocycles. The molecule has 0 amide bonds. The van der Waals surface area contributed by atoms with Gasteiger partial charge in [-0.05, 0) is 25.0 Å². The summed E-state index contributed by atoms with van der Waals surface area (Å²) < 4.78 is 11.5. The largest absolute Gasteiger partial charge is 0.478 e. The van der Waals surface area contributed by atoms with Gasteiger partial charge in [-0.1, -0.05) is 62.4 Å². The van der Waals surface area contributed by atoms with Gasteiger partial charge in [0.2, 0.25) is 5.88 Å². The average Bonchev–Trinajstić information content (AvgIpc) is 2.77. The zero-order valence-corrected chi connectivity index (χ0v) is 18.5. The lowest BCUT2D eigenvalue weighted by atomic mass is 10.1. The van der Waals surface area contributed by atoms with Crippen LogP contribution in [0, 0.1) is 6.92 Å². The Morgan fingerprint density at radius 2 is 1.93 bits per heavy atom. The van der Waals surface area contributed by atoms with Crippen LogP contribution < -0.4 is 9.64 Å². The number of ether oxygens (including phenoxy) is 2. The molecule has 2 heterocycles. The van der Waals surface area contributed by atoms with Gasteiger partial charge in [0.15, 0.2) is 0 Å². The number of hydrogen-bond acceptors (Lipinski definition) is 5. The van der Waals surface area contributed by atoms with Gasteiger partial charge in [-0.15, -0.1) is 0 Å². The fraction of sp³-hybridized carbons (Fsp3) is 0.520. The van der Waals surface area contributed by atoms with Crippen molar-refractivity contribution in [1.82, 2.24) is 4.98 Å². The minimum absolute atomic E-state index is 0.541. The van der Waals surface area contributed by atoms with Gasteiger partial charge in [-0.25, -0.2) is 4.98 Å². The molecule has 0 radical (unpaired) electrons. The predicted molar refractivity (Wildman–Crippen MR) is 124 cm³/mol. The van der Waals surface area contributed by atoms with Crippen LogP contribution in [0.1, 0.15) is 55.8 Å². The van der Waals surface area contributed by atoms with Gasteiger partial charge in [-0.2, -0.15) is 0 Å². The quantitative estimate of drug-likeness (QED) is 0.378. The summed E-state index contributed by atoms with van der Waals surface area (Å²) in [5.74, 6) is 0.704. The molecular formula is C25H35N3O2. The first-order valence-corrected chi connectivity index (χ1v) is 11.3. The third-order valence-corrected chi connectivity index (χ3v) is 5.25. The number of aromatic nitrogens is 1. The molecule has 30 heavy (non-hydrogen) atoms. The van der Waals surface area contributed by atoms with Crippen LogP contribution in [0.25, 0.3) is 0 Å². The van der Waals surface area contributed by atoms with E-state index in [9.17, 15) is 0 Å². The second-order valence-electron chi connectivity index (χ2n) is 7.90. The highest BCUT2D eigenvalue weighted by atomic mass is 16.5. The Balaban J connectivity index is 1.65. The van der Waals surface area contributed by atoms with Gasteiger partial charge in [0.25, 0.3) is 0 Å². The summed E-state index contributed by atoms with van der Waals surface area (Å²) in [4.78, 5) is 11.7. The monoisotopic (exact) mass is 409 g/mol. The first-order chi connectivity index (χ1) is 14.7. The second kappa shape index (κ2) is 12.3. The Bertz CT molecular complexity index is 801. The summed E-state index contributed by atoms with van der Waals surface area (Å²) in [6.45, 7) is 8.90. The second-order valence-corrected chi connectivity index (χ2v) is 7.90. The summed E-state index contributed by atoms with van der Waals surface area (Å²) in [5.41, 5.74) is 4.43. The van der Waals surface area contributed by atoms with E-state index in [4.69, 9.17) is 14.5 Å². The van der Waals surface area contributed by atoms with Gasteiger partial charge in [0.1, 0.15) is 0 Å². The molecule has 0 bridgehead atoms. The molecule has 1 aliphatic rings. The maximum atomic E-state index is 6.02. The van der Waals surface area contributed by atoms with Crippen LogP contribution in [0.15, 0.2) is 41.4 Å². The van der Waals surface area contributed by atoms with Crippen molar-refractivity contribution in [3.05, 3.63) is 53.2 Å². The van der Waals surface area contributed by atoms with Crippen molar-refractivity contribution in [2.24, 2.45) is 4.99 Å². The topological polar surface area (TPSA) is 47.0 Å². The van der Waals surface area contributed by atoms with Gasteiger partial charge in [0.05, 0.1) is 32.1 Å². The maximum Gasteiger partial charge on any atom is 0.215 e. The molecule has 1 saturated heterocycles. The molecule has 0 N–H and O–H groups in total. The van der Waals surface area contributed by atoms with Crippen molar-refractivity contribution >= 4 is 11.9 Å². The van der Waals surface area contributed by atoms with E-state index in [2.05, 4.69) is 60.1 Å². The van der Waals surface area contributed by atoms with Crippen molar-refractivity contribution in [2.45, 2.75) is 52.5 Å². The van der Waals surface area contributed by atoms with E-state index in [-0.39, 0.29) is 0 Å². The maximum absolute atomic E-state index is 6.02. The Hall–Kier alpha value is -2.40. The first-order valence-electron chi connectivity index (χ1n) is 11.3. The minimum Gasteiger partial charge on any atom is -0.478 e. The van der Waals surface area contributed by atoms with E-state index in [1.165, 1.54) is 31.2 Å². The van der Waals surface area contributed by atoms with Crippen molar-refractivity contribution in [2.75, 3.05) is 37.8 Å². The van der Waals surface area contributed by atoms with Crippen molar-refractivity contribution in [3.8, 4) is 5.88 Å². The van der Waals surface area contributed by atoms with Crippen molar-refractivity contribution in [1.29, 1.82) is 0 Å². The minimum atomic E-state index is 0.541. The smallest absolute Gasteiger partial charge is 0.215 e. The van der Waals surface area contributed by atoms with Crippen LogP contribution in [0.2, 0.25) is 0 Å². The lowest BCUT2D eigenvalue weighted by Crippen LogP contribution is -2.36. The molecular weight excluding hydrogens is 374 g/mol. The number of unbranched alkanes of at least 4 members (excludes halogenated alkanes) is 4. The number of hydrogen-bond donors (Lipinski definition) is 0. The van der Waals surface area contributed by atoms with Crippen molar-refractivity contribution < 1.29 is 9.47 Å². The van der Waals surface area contributed by atoms with Crippen LogP contribution in [0.4, 0.5) is 5.69 Å². The van der Waals surface area contributed by atoms with E-state index in [0.29, 0.717) is 12.4 Å². The molecule has 1 aliphatic heterocycles. The Labute approximate surface area is 181 Å².